The number of alkyl carbamates (subject to hydrolysis) is 1. The summed E-state index contributed by atoms with van der Waals surface area (Å²) in [6, 6.07) is 0. The molecule has 2 fully saturated rings. The first-order valence-electron chi connectivity index (χ1n) is 5.92. The van der Waals surface area contributed by atoms with E-state index in [1.54, 1.807) is 0 Å². The van der Waals surface area contributed by atoms with Crippen molar-refractivity contribution in [1.29, 1.82) is 0 Å². The smallest absolute Gasteiger partial charge is 0.408 e. The molecule has 2 unspecified atom stereocenters. The first kappa shape index (κ1) is 10.8. The largest absolute Gasteiger partial charge is 0.444 e. The summed E-state index contributed by atoms with van der Waals surface area (Å²) >= 11 is 0. The van der Waals surface area contributed by atoms with Crippen molar-refractivity contribution in [2.24, 2.45) is 5.92 Å². The molecule has 86 valence electrons. The van der Waals surface area contributed by atoms with E-state index < -0.39 is 5.60 Å². The molecular weight excluding hydrogens is 190 g/mol. The molecule has 0 spiro atoms. The monoisotopic (exact) mass is 211 g/mol. The number of fused-ring (bicyclic) bond motifs is 1. The van der Waals surface area contributed by atoms with Crippen LogP contribution in [0.4, 0.5) is 4.79 Å². The van der Waals surface area contributed by atoms with E-state index >= 15 is 0 Å². The van der Waals surface area contributed by atoms with Crippen LogP contribution in [-0.2, 0) is 4.74 Å². The lowest BCUT2D eigenvalue weighted by Gasteiger charge is -2.45. The lowest BCUT2D eigenvalue weighted by atomic mass is 9.69. The molecule has 3 nitrogen and oxygen atoms in total. The fourth-order valence-electron chi connectivity index (χ4n) is 2.84. The SMILES string of the molecule is CC(C)(C)OC(=O)NC12CCCC1CC2. The lowest BCUT2D eigenvalue weighted by Crippen LogP contribution is -2.57. The van der Waals surface area contributed by atoms with Gasteiger partial charge in [-0.3, -0.25) is 0 Å². The Kier molecular flexibility index (Phi) is 2.44. The average Bonchev–Trinajstić information content (AvgIpc) is 2.27. The molecule has 0 heterocycles. The summed E-state index contributed by atoms with van der Waals surface area (Å²) in [5.41, 5.74) is -0.291. The number of nitrogens with one attached hydrogen (secondary N) is 1. The van der Waals surface area contributed by atoms with E-state index in [0.717, 1.165) is 12.8 Å². The Morgan fingerprint density at radius 2 is 2.07 bits per heavy atom. The average molecular weight is 211 g/mol. The second kappa shape index (κ2) is 3.39. The molecule has 0 aromatic heterocycles. The molecule has 2 saturated carbocycles. The van der Waals surface area contributed by atoms with Gasteiger partial charge in [-0.25, -0.2) is 4.79 Å². The Balaban J connectivity index is 1.89. The molecular formula is C12H21NO2. The standard InChI is InChI=1S/C12H21NO2/c1-11(2,3)15-10(14)13-12-7-4-5-9(12)6-8-12/h9H,4-8H2,1-3H3,(H,13,14). The summed E-state index contributed by atoms with van der Waals surface area (Å²) in [5.74, 6) is 0.713. The maximum atomic E-state index is 11.7. The number of hydrogen-bond donors (Lipinski definition) is 1. The van der Waals surface area contributed by atoms with Crippen molar-refractivity contribution in [2.75, 3.05) is 0 Å². The van der Waals surface area contributed by atoms with Crippen LogP contribution in [0.5, 0.6) is 0 Å². The van der Waals surface area contributed by atoms with Crippen LogP contribution < -0.4 is 5.32 Å². The highest BCUT2D eigenvalue weighted by Crippen LogP contribution is 2.50. The van der Waals surface area contributed by atoms with E-state index in [4.69, 9.17) is 4.74 Å². The fourth-order valence-corrected chi connectivity index (χ4v) is 2.84. The van der Waals surface area contributed by atoms with Crippen LogP contribution in [0.1, 0.15) is 52.9 Å². The van der Waals surface area contributed by atoms with Gasteiger partial charge in [-0.15, -0.1) is 0 Å². The fraction of sp³-hybridized carbons (Fsp3) is 0.917. The summed E-state index contributed by atoms with van der Waals surface area (Å²) in [4.78, 5) is 11.7. The molecule has 2 aliphatic carbocycles. The zero-order chi connectivity index (χ0) is 11.1. The highest BCUT2D eigenvalue weighted by Gasteiger charge is 2.51. The van der Waals surface area contributed by atoms with Gasteiger partial charge in [-0.05, 0) is 52.4 Å². The molecule has 0 bridgehead atoms. The quantitative estimate of drug-likeness (QED) is 0.724. The van der Waals surface area contributed by atoms with Crippen molar-refractivity contribution in [3.63, 3.8) is 0 Å². The molecule has 2 rings (SSSR count). The molecule has 2 aliphatic rings. The van der Waals surface area contributed by atoms with Crippen LogP contribution in [0.25, 0.3) is 0 Å². The molecule has 3 heteroatoms. The van der Waals surface area contributed by atoms with Crippen molar-refractivity contribution in [3.05, 3.63) is 0 Å². The number of rotatable bonds is 1. The molecule has 0 aromatic rings. The third-order valence-corrected chi connectivity index (χ3v) is 3.65. The Labute approximate surface area is 91.6 Å². The van der Waals surface area contributed by atoms with Gasteiger partial charge in [0.15, 0.2) is 0 Å². The van der Waals surface area contributed by atoms with Crippen molar-refractivity contribution >= 4 is 6.09 Å². The van der Waals surface area contributed by atoms with E-state index in [1.165, 1.54) is 19.3 Å². The van der Waals surface area contributed by atoms with Crippen LogP contribution in [-0.4, -0.2) is 17.2 Å². The van der Waals surface area contributed by atoms with Crippen LogP contribution >= 0.6 is 0 Å². The normalized spacial score (nSPS) is 34.2. The number of amides is 1. The predicted octanol–water partition coefficient (Wildman–Crippen LogP) is 2.84. The Hall–Kier alpha value is -0.730. The number of ether oxygens (including phenoxy) is 1. The summed E-state index contributed by atoms with van der Waals surface area (Å²) < 4.78 is 5.30. The maximum Gasteiger partial charge on any atom is 0.408 e. The van der Waals surface area contributed by atoms with Gasteiger partial charge in [0.2, 0.25) is 0 Å². The highest BCUT2D eigenvalue weighted by molar-refractivity contribution is 5.69. The Morgan fingerprint density at radius 1 is 1.33 bits per heavy atom. The first-order valence-corrected chi connectivity index (χ1v) is 5.92. The van der Waals surface area contributed by atoms with Crippen LogP contribution in [0.3, 0.4) is 0 Å². The van der Waals surface area contributed by atoms with Gasteiger partial charge in [-0.1, -0.05) is 6.42 Å². The topological polar surface area (TPSA) is 38.3 Å². The molecule has 0 aliphatic heterocycles. The minimum atomic E-state index is -0.390. The van der Waals surface area contributed by atoms with Crippen molar-refractivity contribution in [2.45, 2.75) is 64.0 Å². The second-order valence-electron chi connectivity index (χ2n) is 5.91. The van der Waals surface area contributed by atoms with E-state index in [9.17, 15) is 4.79 Å². The van der Waals surface area contributed by atoms with Gasteiger partial charge in [0.05, 0.1) is 0 Å². The van der Waals surface area contributed by atoms with E-state index in [-0.39, 0.29) is 11.6 Å². The number of carbonyl (C=O) groups excluding carboxylic acids is 1. The molecule has 2 atom stereocenters. The van der Waals surface area contributed by atoms with E-state index in [1.807, 2.05) is 20.8 Å². The lowest BCUT2D eigenvalue weighted by molar-refractivity contribution is 0.0300. The van der Waals surface area contributed by atoms with Gasteiger partial charge in [0.25, 0.3) is 0 Å². The Bertz CT molecular complexity index is 269. The molecule has 15 heavy (non-hydrogen) atoms. The summed E-state index contributed by atoms with van der Waals surface area (Å²) in [6.07, 6.45) is 5.83. The van der Waals surface area contributed by atoms with Crippen LogP contribution in [0, 0.1) is 5.92 Å². The van der Waals surface area contributed by atoms with Crippen molar-refractivity contribution in [3.8, 4) is 0 Å². The number of carbonyl (C=O) groups is 1. The third-order valence-electron chi connectivity index (χ3n) is 3.65. The molecule has 1 N–H and O–H groups in total. The summed E-state index contributed by atoms with van der Waals surface area (Å²) in [7, 11) is 0. The van der Waals surface area contributed by atoms with Gasteiger partial charge < -0.3 is 10.1 Å². The highest BCUT2D eigenvalue weighted by atomic mass is 16.6. The zero-order valence-corrected chi connectivity index (χ0v) is 9.93. The van der Waals surface area contributed by atoms with E-state index in [0.29, 0.717) is 5.92 Å². The van der Waals surface area contributed by atoms with Gasteiger partial charge in [0, 0.05) is 5.54 Å². The second-order valence-corrected chi connectivity index (χ2v) is 5.91. The molecule has 1 amide bonds. The van der Waals surface area contributed by atoms with Gasteiger partial charge in [0.1, 0.15) is 5.60 Å². The maximum absolute atomic E-state index is 11.7. The third kappa shape index (κ3) is 2.11. The van der Waals surface area contributed by atoms with E-state index in [2.05, 4.69) is 5.32 Å². The van der Waals surface area contributed by atoms with Gasteiger partial charge in [-0.2, -0.15) is 0 Å². The van der Waals surface area contributed by atoms with Gasteiger partial charge >= 0.3 is 6.09 Å². The van der Waals surface area contributed by atoms with Crippen molar-refractivity contribution in [1.82, 2.24) is 5.32 Å². The summed E-state index contributed by atoms with van der Waals surface area (Å²) in [5, 5.41) is 3.09. The number of hydrogen-bond acceptors (Lipinski definition) is 2. The summed E-state index contributed by atoms with van der Waals surface area (Å²) in [6.45, 7) is 5.70. The minimum Gasteiger partial charge on any atom is -0.444 e. The molecule has 0 radical (unpaired) electrons. The minimum absolute atomic E-state index is 0.0995. The Morgan fingerprint density at radius 3 is 2.53 bits per heavy atom. The molecule has 0 aromatic carbocycles. The predicted molar refractivity (Wildman–Crippen MR) is 58.7 cm³/mol. The van der Waals surface area contributed by atoms with Crippen molar-refractivity contribution < 1.29 is 9.53 Å². The zero-order valence-electron chi connectivity index (χ0n) is 9.93. The van der Waals surface area contributed by atoms with Crippen LogP contribution in [0.15, 0.2) is 0 Å². The van der Waals surface area contributed by atoms with Crippen LogP contribution in [0.2, 0.25) is 0 Å². The first-order chi connectivity index (χ1) is 6.91. The molecule has 0 saturated heterocycles.